The molecule has 14 nitrogen and oxygen atoms in total. The molecule has 6 atom stereocenters. The first-order valence-electron chi connectivity index (χ1n) is 11.9. The number of nitrogens with two attached hydrogens (primary N) is 3. The molecule has 0 aliphatic heterocycles. The summed E-state index contributed by atoms with van der Waals surface area (Å²) in [7, 11) is 0. The van der Waals surface area contributed by atoms with Crippen LogP contribution in [0.15, 0.2) is 4.99 Å². The topological polar surface area (TPSA) is 252 Å². The van der Waals surface area contributed by atoms with Gasteiger partial charge in [0.05, 0.1) is 12.5 Å². The monoisotopic (exact) mass is 515 g/mol. The molecule has 36 heavy (non-hydrogen) atoms. The molecule has 0 fully saturated rings. The van der Waals surface area contributed by atoms with Gasteiger partial charge in [0.1, 0.15) is 18.1 Å². The number of carboxylic acid groups (broad SMARTS) is 2. The number of nitrogens with zero attached hydrogens (tertiary/aromatic N) is 1. The Labute approximate surface area is 210 Å². The average Bonchev–Trinajstić information content (AvgIpc) is 2.80. The molecule has 3 amide bonds. The Morgan fingerprint density at radius 1 is 0.833 bits per heavy atom. The summed E-state index contributed by atoms with van der Waals surface area (Å²) in [6.07, 6.45) is 0.808. The molecule has 0 aliphatic carbocycles. The first-order chi connectivity index (χ1) is 16.7. The quantitative estimate of drug-likeness (QED) is 0.0630. The van der Waals surface area contributed by atoms with Gasteiger partial charge in [0.15, 0.2) is 5.96 Å². The second kappa shape index (κ2) is 16.3. The summed E-state index contributed by atoms with van der Waals surface area (Å²) in [5, 5.41) is 25.9. The van der Waals surface area contributed by atoms with Gasteiger partial charge in [-0.15, -0.1) is 0 Å². The second-order valence-electron chi connectivity index (χ2n) is 8.80. The molecular formula is C22H41N7O7. The third-order valence-corrected chi connectivity index (χ3v) is 5.89. The Balaban J connectivity index is 5.51. The summed E-state index contributed by atoms with van der Waals surface area (Å²) >= 11 is 0. The zero-order valence-corrected chi connectivity index (χ0v) is 21.3. The van der Waals surface area contributed by atoms with E-state index in [1.54, 1.807) is 27.7 Å². The molecule has 206 valence electrons. The lowest BCUT2D eigenvalue weighted by Crippen LogP contribution is -2.59. The molecule has 0 rings (SSSR count). The van der Waals surface area contributed by atoms with Crippen LogP contribution in [0.3, 0.4) is 0 Å². The van der Waals surface area contributed by atoms with Crippen LogP contribution in [0.5, 0.6) is 0 Å². The highest BCUT2D eigenvalue weighted by Crippen LogP contribution is 2.11. The summed E-state index contributed by atoms with van der Waals surface area (Å²) in [4.78, 5) is 65.1. The molecule has 0 saturated carbocycles. The van der Waals surface area contributed by atoms with Crippen LogP contribution in [0.4, 0.5) is 0 Å². The van der Waals surface area contributed by atoms with Gasteiger partial charge in [0, 0.05) is 6.54 Å². The fourth-order valence-corrected chi connectivity index (χ4v) is 3.20. The molecular weight excluding hydrogens is 474 g/mol. The number of carbonyl (C=O) groups is 5. The molecule has 0 bridgehead atoms. The van der Waals surface area contributed by atoms with Crippen LogP contribution in [-0.4, -0.2) is 76.5 Å². The lowest BCUT2D eigenvalue weighted by molar-refractivity contribution is -0.144. The van der Waals surface area contributed by atoms with Gasteiger partial charge in [-0.2, -0.15) is 0 Å². The Kier molecular flexibility index (Phi) is 14.7. The number of hydrogen-bond donors (Lipinski definition) is 8. The minimum Gasteiger partial charge on any atom is -0.481 e. The average molecular weight is 516 g/mol. The van der Waals surface area contributed by atoms with Crippen LogP contribution in [0.25, 0.3) is 0 Å². The fourth-order valence-electron chi connectivity index (χ4n) is 3.20. The fraction of sp³-hybridized carbons (Fsp3) is 0.727. The van der Waals surface area contributed by atoms with E-state index >= 15 is 0 Å². The Hall–Kier alpha value is -3.42. The van der Waals surface area contributed by atoms with Crippen molar-refractivity contribution in [2.75, 3.05) is 6.54 Å². The zero-order chi connectivity index (χ0) is 28.0. The van der Waals surface area contributed by atoms with Crippen LogP contribution in [0.1, 0.15) is 59.8 Å². The van der Waals surface area contributed by atoms with Crippen molar-refractivity contribution in [2.24, 2.45) is 34.0 Å². The third-order valence-electron chi connectivity index (χ3n) is 5.89. The van der Waals surface area contributed by atoms with E-state index in [0.717, 1.165) is 0 Å². The number of rotatable bonds is 17. The van der Waals surface area contributed by atoms with E-state index in [2.05, 4.69) is 20.9 Å². The highest BCUT2D eigenvalue weighted by Gasteiger charge is 2.34. The maximum Gasteiger partial charge on any atom is 0.326 e. The summed E-state index contributed by atoms with van der Waals surface area (Å²) in [6, 6.07) is -4.89. The van der Waals surface area contributed by atoms with Crippen molar-refractivity contribution < 1.29 is 34.2 Å². The van der Waals surface area contributed by atoms with Gasteiger partial charge in [-0.1, -0.05) is 40.5 Å². The number of carbonyl (C=O) groups excluding carboxylic acids is 3. The number of aliphatic imine (C=N–C) groups is 1. The summed E-state index contributed by atoms with van der Waals surface area (Å²) in [6.45, 7) is 7.13. The van der Waals surface area contributed by atoms with E-state index in [-0.39, 0.29) is 24.8 Å². The predicted molar refractivity (Wildman–Crippen MR) is 132 cm³/mol. The minimum atomic E-state index is -1.56. The smallest absolute Gasteiger partial charge is 0.326 e. The summed E-state index contributed by atoms with van der Waals surface area (Å²) < 4.78 is 0. The number of hydrogen-bond acceptors (Lipinski definition) is 7. The van der Waals surface area contributed by atoms with E-state index < -0.39 is 66.2 Å². The first kappa shape index (κ1) is 32.6. The van der Waals surface area contributed by atoms with Crippen molar-refractivity contribution in [3.63, 3.8) is 0 Å². The van der Waals surface area contributed by atoms with Gasteiger partial charge in [0.2, 0.25) is 17.7 Å². The van der Waals surface area contributed by atoms with Crippen LogP contribution < -0.4 is 33.2 Å². The zero-order valence-electron chi connectivity index (χ0n) is 21.3. The van der Waals surface area contributed by atoms with Crippen molar-refractivity contribution in [1.29, 1.82) is 0 Å². The van der Waals surface area contributed by atoms with Gasteiger partial charge in [-0.3, -0.25) is 24.2 Å². The molecule has 6 unspecified atom stereocenters. The molecule has 11 N–H and O–H groups in total. The first-order valence-corrected chi connectivity index (χ1v) is 11.9. The molecule has 0 saturated heterocycles. The predicted octanol–water partition coefficient (Wildman–Crippen LogP) is -1.53. The lowest BCUT2D eigenvalue weighted by Gasteiger charge is -2.28. The van der Waals surface area contributed by atoms with E-state index in [1.165, 1.54) is 0 Å². The van der Waals surface area contributed by atoms with Crippen LogP contribution >= 0.6 is 0 Å². The lowest BCUT2D eigenvalue weighted by atomic mass is 9.96. The van der Waals surface area contributed by atoms with E-state index in [4.69, 9.17) is 17.2 Å². The van der Waals surface area contributed by atoms with Gasteiger partial charge >= 0.3 is 11.9 Å². The van der Waals surface area contributed by atoms with Gasteiger partial charge in [-0.25, -0.2) is 4.79 Å². The number of carboxylic acids is 2. The van der Waals surface area contributed by atoms with E-state index in [0.29, 0.717) is 19.3 Å². The van der Waals surface area contributed by atoms with Crippen molar-refractivity contribution >= 4 is 35.6 Å². The Bertz CT molecular complexity index is 802. The molecule has 0 heterocycles. The van der Waals surface area contributed by atoms with E-state index in [1.807, 2.05) is 0 Å². The standard InChI is InChI=1S/C22H41N7O7/c1-5-11(3)16(28-18(32)13(23)8-7-9-26-22(24)25)20(34)27-14(10-15(30)31)19(33)29-17(21(35)36)12(4)6-2/h11-14,16-17H,5-10,23H2,1-4H3,(H,27,34)(H,28,32)(H,29,33)(H,30,31)(H,35,36)(H4,24,25,26). The Morgan fingerprint density at radius 2 is 1.36 bits per heavy atom. The van der Waals surface area contributed by atoms with Crippen molar-refractivity contribution in [1.82, 2.24) is 16.0 Å². The van der Waals surface area contributed by atoms with Crippen molar-refractivity contribution in [3.8, 4) is 0 Å². The van der Waals surface area contributed by atoms with Gasteiger partial charge in [-0.05, 0) is 24.7 Å². The van der Waals surface area contributed by atoms with Gasteiger partial charge < -0.3 is 43.4 Å². The highest BCUT2D eigenvalue weighted by atomic mass is 16.4. The largest absolute Gasteiger partial charge is 0.481 e. The number of nitrogens with one attached hydrogen (secondary N) is 3. The highest BCUT2D eigenvalue weighted by molar-refractivity contribution is 5.95. The molecule has 0 aromatic carbocycles. The second-order valence-corrected chi connectivity index (χ2v) is 8.80. The molecule has 0 aromatic heterocycles. The normalized spacial score (nSPS) is 15.8. The minimum absolute atomic E-state index is 0.0830. The Morgan fingerprint density at radius 3 is 1.83 bits per heavy atom. The molecule has 14 heteroatoms. The van der Waals surface area contributed by atoms with Crippen LogP contribution in [0, 0.1) is 11.8 Å². The van der Waals surface area contributed by atoms with Crippen molar-refractivity contribution in [2.45, 2.75) is 84.0 Å². The summed E-state index contributed by atoms with van der Waals surface area (Å²) in [5.74, 6) is -5.92. The van der Waals surface area contributed by atoms with Crippen LogP contribution in [-0.2, 0) is 24.0 Å². The van der Waals surface area contributed by atoms with Crippen LogP contribution in [0.2, 0.25) is 0 Å². The SMILES string of the molecule is CCC(C)C(NC(=O)C(CC(=O)O)NC(=O)C(NC(=O)C(N)CCCN=C(N)N)C(C)CC)C(=O)O. The van der Waals surface area contributed by atoms with E-state index in [9.17, 15) is 34.2 Å². The molecule has 0 aliphatic rings. The molecule has 0 radical (unpaired) electrons. The number of amides is 3. The molecule has 0 aromatic rings. The van der Waals surface area contributed by atoms with Crippen molar-refractivity contribution in [3.05, 3.63) is 0 Å². The third kappa shape index (κ3) is 11.8. The van der Waals surface area contributed by atoms with Gasteiger partial charge in [0.25, 0.3) is 0 Å². The number of aliphatic carboxylic acids is 2. The molecule has 0 spiro atoms. The maximum absolute atomic E-state index is 13.0. The maximum atomic E-state index is 13.0. The number of guanidine groups is 1. The summed E-state index contributed by atoms with van der Waals surface area (Å²) in [5.41, 5.74) is 16.4.